The topological polar surface area (TPSA) is 21.3 Å². The van der Waals surface area contributed by atoms with Crippen LogP contribution in [-0.4, -0.2) is 25.3 Å². The molecular weight excluding hydrogens is 222 g/mol. The first kappa shape index (κ1) is 13.6. The van der Waals surface area contributed by atoms with E-state index >= 15 is 0 Å². The van der Waals surface area contributed by atoms with Crippen molar-refractivity contribution in [2.45, 2.75) is 52.2 Å². The van der Waals surface area contributed by atoms with Crippen LogP contribution < -0.4 is 5.32 Å². The molecule has 2 unspecified atom stereocenters. The molecule has 100 valence electrons. The molecule has 1 heterocycles. The van der Waals surface area contributed by atoms with Crippen LogP contribution in [0.15, 0.2) is 18.2 Å². The number of likely N-dealkylation sites (N-methyl/N-ethyl adjacent to an activating group) is 1. The summed E-state index contributed by atoms with van der Waals surface area (Å²) in [5.74, 6) is 0. The van der Waals surface area contributed by atoms with E-state index in [1.807, 2.05) is 0 Å². The molecule has 1 saturated heterocycles. The Labute approximate surface area is 111 Å². The van der Waals surface area contributed by atoms with Crippen molar-refractivity contribution >= 4 is 0 Å². The summed E-state index contributed by atoms with van der Waals surface area (Å²) in [7, 11) is 0. The Balaban J connectivity index is 2.12. The summed E-state index contributed by atoms with van der Waals surface area (Å²) in [6, 6.07) is 7.02. The van der Waals surface area contributed by atoms with E-state index < -0.39 is 0 Å². The lowest BCUT2D eigenvalue weighted by Gasteiger charge is -2.25. The molecule has 0 radical (unpaired) electrons. The molecule has 1 aromatic carbocycles. The predicted octanol–water partition coefficient (Wildman–Crippen LogP) is 3.00. The summed E-state index contributed by atoms with van der Waals surface area (Å²) in [6.07, 6.45) is 3.88. The molecule has 0 bridgehead atoms. The molecule has 0 spiro atoms. The summed E-state index contributed by atoms with van der Waals surface area (Å²) >= 11 is 0. The van der Waals surface area contributed by atoms with Crippen LogP contribution in [0.2, 0.25) is 0 Å². The fraction of sp³-hybridized carbons (Fsp3) is 0.625. The van der Waals surface area contributed by atoms with Gasteiger partial charge in [-0.15, -0.1) is 0 Å². The van der Waals surface area contributed by atoms with Crippen molar-refractivity contribution in [3.8, 4) is 0 Å². The number of nitrogens with one attached hydrogen (secondary N) is 1. The first-order valence-electron chi connectivity index (χ1n) is 7.12. The van der Waals surface area contributed by atoms with Crippen molar-refractivity contribution in [1.82, 2.24) is 5.32 Å². The summed E-state index contributed by atoms with van der Waals surface area (Å²) in [4.78, 5) is 0. The fourth-order valence-corrected chi connectivity index (χ4v) is 2.91. The van der Waals surface area contributed by atoms with Gasteiger partial charge < -0.3 is 10.1 Å². The average molecular weight is 247 g/mol. The Hall–Kier alpha value is -0.860. The summed E-state index contributed by atoms with van der Waals surface area (Å²) in [5.41, 5.74) is 4.28. The van der Waals surface area contributed by atoms with Crippen molar-refractivity contribution in [3.05, 3.63) is 34.9 Å². The highest BCUT2D eigenvalue weighted by molar-refractivity contribution is 5.34. The van der Waals surface area contributed by atoms with Crippen LogP contribution in [-0.2, 0) is 11.2 Å². The third-order valence-corrected chi connectivity index (χ3v) is 3.95. The normalized spacial score (nSPS) is 21.2. The molecule has 0 amide bonds. The molecule has 1 aliphatic heterocycles. The minimum absolute atomic E-state index is 0.393. The maximum atomic E-state index is 5.86. The van der Waals surface area contributed by atoms with E-state index in [1.165, 1.54) is 29.5 Å². The molecule has 1 fully saturated rings. The van der Waals surface area contributed by atoms with Crippen molar-refractivity contribution in [1.29, 1.82) is 0 Å². The zero-order chi connectivity index (χ0) is 13.0. The Kier molecular flexibility index (Phi) is 4.79. The quantitative estimate of drug-likeness (QED) is 0.863. The highest BCUT2D eigenvalue weighted by atomic mass is 16.5. The van der Waals surface area contributed by atoms with Gasteiger partial charge in [-0.1, -0.05) is 25.1 Å². The lowest BCUT2D eigenvalue weighted by molar-refractivity contribution is 0.0788. The van der Waals surface area contributed by atoms with Gasteiger partial charge in [0.1, 0.15) is 0 Å². The van der Waals surface area contributed by atoms with Crippen LogP contribution in [0.3, 0.4) is 0 Å². The van der Waals surface area contributed by atoms with Gasteiger partial charge in [-0.25, -0.2) is 0 Å². The van der Waals surface area contributed by atoms with Crippen molar-refractivity contribution < 1.29 is 4.74 Å². The van der Waals surface area contributed by atoms with Gasteiger partial charge in [0.2, 0.25) is 0 Å². The minimum atomic E-state index is 0.393. The maximum Gasteiger partial charge on any atom is 0.0732 e. The average Bonchev–Trinajstić information content (AvgIpc) is 2.86. The first-order chi connectivity index (χ1) is 8.72. The van der Waals surface area contributed by atoms with Crippen LogP contribution in [0.4, 0.5) is 0 Å². The van der Waals surface area contributed by atoms with Gasteiger partial charge in [0.25, 0.3) is 0 Å². The molecule has 18 heavy (non-hydrogen) atoms. The molecule has 2 nitrogen and oxygen atoms in total. The van der Waals surface area contributed by atoms with Crippen molar-refractivity contribution in [2.75, 3.05) is 13.2 Å². The molecule has 1 aromatic rings. The smallest absolute Gasteiger partial charge is 0.0732 e. The van der Waals surface area contributed by atoms with E-state index in [9.17, 15) is 0 Å². The molecule has 1 aliphatic rings. The molecule has 2 rings (SSSR count). The third-order valence-electron chi connectivity index (χ3n) is 3.95. The number of hydrogen-bond donors (Lipinski definition) is 1. The fourth-order valence-electron chi connectivity index (χ4n) is 2.91. The van der Waals surface area contributed by atoms with Gasteiger partial charge in [0.05, 0.1) is 6.10 Å². The van der Waals surface area contributed by atoms with E-state index in [2.05, 4.69) is 44.3 Å². The van der Waals surface area contributed by atoms with Gasteiger partial charge in [-0.2, -0.15) is 0 Å². The molecule has 2 atom stereocenters. The zero-order valence-corrected chi connectivity index (χ0v) is 11.8. The predicted molar refractivity (Wildman–Crippen MR) is 76.1 cm³/mol. The zero-order valence-electron chi connectivity index (χ0n) is 11.8. The van der Waals surface area contributed by atoms with E-state index in [0.717, 1.165) is 19.6 Å². The van der Waals surface area contributed by atoms with Crippen LogP contribution in [0.25, 0.3) is 0 Å². The second-order valence-electron chi connectivity index (χ2n) is 5.29. The second kappa shape index (κ2) is 6.35. The van der Waals surface area contributed by atoms with Crippen LogP contribution >= 0.6 is 0 Å². The molecule has 0 saturated carbocycles. The Bertz CT molecular complexity index is 362. The minimum Gasteiger partial charge on any atom is -0.377 e. The molecule has 0 aliphatic carbocycles. The highest BCUT2D eigenvalue weighted by Gasteiger charge is 2.26. The summed E-state index contributed by atoms with van der Waals surface area (Å²) < 4.78 is 5.86. The lowest BCUT2D eigenvalue weighted by atomic mass is 9.93. The summed E-state index contributed by atoms with van der Waals surface area (Å²) in [6.45, 7) is 8.53. The highest BCUT2D eigenvalue weighted by Crippen LogP contribution is 2.22. The van der Waals surface area contributed by atoms with Gasteiger partial charge in [0, 0.05) is 12.6 Å². The Morgan fingerprint density at radius 1 is 1.33 bits per heavy atom. The molecular formula is C16H25NO. The largest absolute Gasteiger partial charge is 0.377 e. The Morgan fingerprint density at radius 2 is 2.06 bits per heavy atom. The molecule has 0 aromatic heterocycles. The number of benzene rings is 1. The van der Waals surface area contributed by atoms with Gasteiger partial charge in [-0.05, 0) is 56.3 Å². The maximum absolute atomic E-state index is 5.86. The van der Waals surface area contributed by atoms with Crippen LogP contribution in [0, 0.1) is 13.8 Å². The SMILES string of the molecule is CCNC(Cc1c(C)cccc1C)C1CCCO1. The van der Waals surface area contributed by atoms with E-state index in [-0.39, 0.29) is 0 Å². The molecule has 2 heteroatoms. The van der Waals surface area contributed by atoms with E-state index in [4.69, 9.17) is 4.74 Å². The van der Waals surface area contributed by atoms with Crippen LogP contribution in [0.5, 0.6) is 0 Å². The second-order valence-corrected chi connectivity index (χ2v) is 5.29. The Morgan fingerprint density at radius 3 is 2.61 bits per heavy atom. The standard InChI is InChI=1S/C16H25NO/c1-4-17-15(16-9-6-10-18-16)11-14-12(2)7-5-8-13(14)3/h5,7-8,15-17H,4,6,9-11H2,1-3H3. The number of hydrogen-bond acceptors (Lipinski definition) is 2. The van der Waals surface area contributed by atoms with Crippen molar-refractivity contribution in [2.24, 2.45) is 0 Å². The van der Waals surface area contributed by atoms with Gasteiger partial charge >= 0.3 is 0 Å². The van der Waals surface area contributed by atoms with Crippen molar-refractivity contribution in [3.63, 3.8) is 0 Å². The third kappa shape index (κ3) is 3.12. The molecule has 1 N–H and O–H groups in total. The number of aryl methyl sites for hydroxylation is 2. The van der Waals surface area contributed by atoms with E-state index in [0.29, 0.717) is 12.1 Å². The first-order valence-corrected chi connectivity index (χ1v) is 7.12. The van der Waals surface area contributed by atoms with Gasteiger partial charge in [0.15, 0.2) is 0 Å². The summed E-state index contributed by atoms with van der Waals surface area (Å²) in [5, 5.41) is 3.60. The monoisotopic (exact) mass is 247 g/mol. The number of rotatable bonds is 5. The van der Waals surface area contributed by atoms with Crippen LogP contribution in [0.1, 0.15) is 36.5 Å². The van der Waals surface area contributed by atoms with E-state index in [1.54, 1.807) is 0 Å². The van der Waals surface area contributed by atoms with Gasteiger partial charge in [-0.3, -0.25) is 0 Å². The number of ether oxygens (including phenoxy) is 1. The lowest BCUT2D eigenvalue weighted by Crippen LogP contribution is -2.41.